The highest BCUT2D eigenvalue weighted by molar-refractivity contribution is 7.19. The van der Waals surface area contributed by atoms with E-state index < -0.39 is 5.60 Å². The first-order chi connectivity index (χ1) is 10.1. The number of thiophene rings is 1. The van der Waals surface area contributed by atoms with E-state index >= 15 is 0 Å². The van der Waals surface area contributed by atoms with Gasteiger partial charge in [0.15, 0.2) is 0 Å². The second kappa shape index (κ2) is 6.05. The van der Waals surface area contributed by atoms with Gasteiger partial charge in [-0.3, -0.25) is 0 Å². The van der Waals surface area contributed by atoms with Crippen LogP contribution in [0.25, 0.3) is 10.1 Å². The number of hydrogen-bond donors (Lipinski definition) is 2. The minimum absolute atomic E-state index is 0.259. The van der Waals surface area contributed by atoms with Gasteiger partial charge in [0.25, 0.3) is 0 Å². The fraction of sp³-hybridized carbons (Fsp3) is 0.529. The summed E-state index contributed by atoms with van der Waals surface area (Å²) in [5.41, 5.74) is 0.742. The maximum Gasteiger partial charge on any atom is 0.0815 e. The molecule has 0 amide bonds. The zero-order valence-corrected chi connectivity index (χ0v) is 13.5. The van der Waals surface area contributed by atoms with Crippen LogP contribution in [0, 0.1) is 6.92 Å². The van der Waals surface area contributed by atoms with Gasteiger partial charge in [0.2, 0.25) is 0 Å². The molecule has 0 saturated carbocycles. The molecule has 2 aromatic rings. The quantitative estimate of drug-likeness (QED) is 0.909. The van der Waals surface area contributed by atoms with E-state index in [2.05, 4.69) is 43.4 Å². The van der Waals surface area contributed by atoms with Gasteiger partial charge in [0.1, 0.15) is 0 Å². The van der Waals surface area contributed by atoms with Crippen LogP contribution >= 0.6 is 11.3 Å². The molecule has 0 radical (unpaired) electrons. The zero-order valence-electron chi connectivity index (χ0n) is 12.7. The van der Waals surface area contributed by atoms with Crippen molar-refractivity contribution in [3.05, 3.63) is 34.7 Å². The van der Waals surface area contributed by atoms with Gasteiger partial charge in [-0.15, -0.1) is 11.3 Å². The molecule has 1 aromatic carbocycles. The van der Waals surface area contributed by atoms with Crippen LogP contribution in [-0.2, 0) is 4.74 Å². The summed E-state index contributed by atoms with van der Waals surface area (Å²) < 4.78 is 6.67. The zero-order chi connectivity index (χ0) is 14.9. The molecule has 2 heterocycles. The van der Waals surface area contributed by atoms with Crippen molar-refractivity contribution in [3.8, 4) is 0 Å². The van der Waals surface area contributed by atoms with Crippen LogP contribution < -0.4 is 5.32 Å². The highest BCUT2D eigenvalue weighted by Gasteiger charge is 2.30. The summed E-state index contributed by atoms with van der Waals surface area (Å²) >= 11 is 1.85. The third-order valence-corrected chi connectivity index (χ3v) is 5.89. The van der Waals surface area contributed by atoms with Crippen LogP contribution in [0.3, 0.4) is 0 Å². The Balaban J connectivity index is 1.72. The first-order valence-electron chi connectivity index (χ1n) is 7.61. The number of aliphatic hydroxyl groups is 1. The van der Waals surface area contributed by atoms with Gasteiger partial charge in [-0.1, -0.05) is 18.2 Å². The SMILES string of the molecule is Cc1c(C(C)NCC2(O)CCOCC2)sc2ccccc12. The summed E-state index contributed by atoms with van der Waals surface area (Å²) in [4.78, 5) is 1.37. The standard InChI is InChI=1S/C17H23NO2S/c1-12-14-5-3-4-6-15(14)21-16(12)13(2)18-11-17(19)7-9-20-10-8-17/h3-6,13,18-19H,7-11H2,1-2H3. The van der Waals surface area contributed by atoms with Crippen LogP contribution in [-0.4, -0.2) is 30.5 Å². The van der Waals surface area contributed by atoms with Crippen molar-refractivity contribution < 1.29 is 9.84 Å². The molecule has 1 atom stereocenters. The molecule has 0 bridgehead atoms. The van der Waals surface area contributed by atoms with Crippen LogP contribution in [0.2, 0.25) is 0 Å². The fourth-order valence-electron chi connectivity index (χ4n) is 2.97. The van der Waals surface area contributed by atoms with Gasteiger partial charge >= 0.3 is 0 Å². The molecule has 21 heavy (non-hydrogen) atoms. The molecular formula is C17H23NO2S. The summed E-state index contributed by atoms with van der Waals surface area (Å²) in [5, 5.41) is 15.4. The van der Waals surface area contributed by atoms with Gasteiger partial charge in [0.05, 0.1) is 5.60 Å². The molecular weight excluding hydrogens is 282 g/mol. The number of benzene rings is 1. The van der Waals surface area contributed by atoms with E-state index in [1.165, 1.54) is 20.5 Å². The predicted octanol–water partition coefficient (Wildman–Crippen LogP) is 3.40. The monoisotopic (exact) mass is 305 g/mol. The maximum atomic E-state index is 10.5. The number of rotatable bonds is 4. The van der Waals surface area contributed by atoms with Crippen molar-refractivity contribution in [2.24, 2.45) is 0 Å². The maximum absolute atomic E-state index is 10.5. The number of aryl methyl sites for hydroxylation is 1. The highest BCUT2D eigenvalue weighted by Crippen LogP contribution is 2.34. The summed E-state index contributed by atoms with van der Waals surface area (Å²) in [6.45, 7) is 6.32. The minimum Gasteiger partial charge on any atom is -0.388 e. The second-order valence-electron chi connectivity index (χ2n) is 6.03. The molecule has 3 rings (SSSR count). The Morgan fingerprint density at radius 2 is 2.05 bits per heavy atom. The molecule has 0 aliphatic carbocycles. The van der Waals surface area contributed by atoms with E-state index in [1.54, 1.807) is 0 Å². The fourth-order valence-corrected chi connectivity index (χ4v) is 4.21. The lowest BCUT2D eigenvalue weighted by atomic mass is 9.94. The summed E-state index contributed by atoms with van der Waals surface area (Å²) in [5.74, 6) is 0. The van der Waals surface area contributed by atoms with Gasteiger partial charge in [-0.2, -0.15) is 0 Å². The molecule has 1 saturated heterocycles. The molecule has 1 aliphatic rings. The molecule has 1 unspecified atom stereocenters. The molecule has 0 spiro atoms. The lowest BCUT2D eigenvalue weighted by molar-refractivity contribution is -0.0625. The van der Waals surface area contributed by atoms with E-state index in [-0.39, 0.29) is 6.04 Å². The lowest BCUT2D eigenvalue weighted by Crippen LogP contribution is -2.45. The third kappa shape index (κ3) is 3.14. The van der Waals surface area contributed by atoms with Crippen molar-refractivity contribution in [1.29, 1.82) is 0 Å². The second-order valence-corrected chi connectivity index (χ2v) is 7.11. The Hall–Kier alpha value is -0.940. The number of hydrogen-bond acceptors (Lipinski definition) is 4. The van der Waals surface area contributed by atoms with E-state index in [4.69, 9.17) is 4.74 Å². The molecule has 2 N–H and O–H groups in total. The smallest absolute Gasteiger partial charge is 0.0815 e. The van der Waals surface area contributed by atoms with E-state index in [1.807, 2.05) is 11.3 Å². The lowest BCUT2D eigenvalue weighted by Gasteiger charge is -2.33. The average Bonchev–Trinajstić information content (AvgIpc) is 2.84. The molecule has 4 heteroatoms. The minimum atomic E-state index is -0.614. The van der Waals surface area contributed by atoms with Gasteiger partial charge < -0.3 is 15.2 Å². The van der Waals surface area contributed by atoms with Crippen LogP contribution in [0.1, 0.15) is 36.2 Å². The van der Waals surface area contributed by atoms with E-state index in [0.29, 0.717) is 19.8 Å². The number of nitrogens with one attached hydrogen (secondary N) is 1. The Kier molecular flexibility index (Phi) is 4.31. The van der Waals surface area contributed by atoms with Gasteiger partial charge in [-0.05, 0) is 30.9 Å². The van der Waals surface area contributed by atoms with Crippen molar-refractivity contribution in [1.82, 2.24) is 5.32 Å². The Bertz CT molecular complexity index is 616. The summed E-state index contributed by atoms with van der Waals surface area (Å²) in [7, 11) is 0. The van der Waals surface area contributed by atoms with Gasteiger partial charge in [0, 0.05) is 48.2 Å². The van der Waals surface area contributed by atoms with E-state index in [9.17, 15) is 5.11 Å². The normalized spacial score (nSPS) is 19.8. The van der Waals surface area contributed by atoms with Crippen LogP contribution in [0.5, 0.6) is 0 Å². The Morgan fingerprint density at radius 1 is 1.33 bits per heavy atom. The van der Waals surface area contributed by atoms with Crippen molar-refractivity contribution in [2.45, 2.75) is 38.3 Å². The first kappa shape index (κ1) is 15.0. The largest absolute Gasteiger partial charge is 0.388 e. The molecule has 1 fully saturated rings. The molecule has 1 aromatic heterocycles. The van der Waals surface area contributed by atoms with E-state index in [0.717, 1.165) is 12.8 Å². The topological polar surface area (TPSA) is 41.5 Å². The average molecular weight is 305 g/mol. The van der Waals surface area contributed by atoms with Crippen molar-refractivity contribution in [2.75, 3.05) is 19.8 Å². The molecule has 1 aliphatic heterocycles. The highest BCUT2D eigenvalue weighted by atomic mass is 32.1. The van der Waals surface area contributed by atoms with Crippen molar-refractivity contribution >= 4 is 21.4 Å². The molecule has 114 valence electrons. The van der Waals surface area contributed by atoms with Crippen molar-refractivity contribution in [3.63, 3.8) is 0 Å². The van der Waals surface area contributed by atoms with Gasteiger partial charge in [-0.25, -0.2) is 0 Å². The predicted molar refractivity (Wildman–Crippen MR) is 88.0 cm³/mol. The number of fused-ring (bicyclic) bond motifs is 1. The number of ether oxygens (including phenoxy) is 1. The molecule has 3 nitrogen and oxygen atoms in total. The Labute approximate surface area is 129 Å². The summed E-state index contributed by atoms with van der Waals surface area (Å²) in [6, 6.07) is 8.80. The third-order valence-electron chi connectivity index (χ3n) is 4.43. The van der Waals surface area contributed by atoms with Crippen LogP contribution in [0.4, 0.5) is 0 Å². The van der Waals surface area contributed by atoms with Crippen LogP contribution in [0.15, 0.2) is 24.3 Å². The Morgan fingerprint density at radius 3 is 2.76 bits per heavy atom. The summed E-state index contributed by atoms with van der Waals surface area (Å²) in [6.07, 6.45) is 1.44. The first-order valence-corrected chi connectivity index (χ1v) is 8.42.